The third kappa shape index (κ3) is 4.46. The quantitative estimate of drug-likeness (QED) is 0.523. The first-order chi connectivity index (χ1) is 14.7. The van der Waals surface area contributed by atoms with E-state index in [1.165, 1.54) is 11.1 Å². The Morgan fingerprint density at radius 3 is 2.70 bits per heavy atom. The van der Waals surface area contributed by atoms with Gasteiger partial charge in [0.05, 0.1) is 24.3 Å². The highest BCUT2D eigenvalue weighted by atomic mass is 35.5. The fourth-order valence-electron chi connectivity index (χ4n) is 3.77. The van der Waals surface area contributed by atoms with Crippen molar-refractivity contribution in [2.75, 3.05) is 26.8 Å². The standard InChI is InChI=1S/C24H25ClN2O3/c1-29-18-7-9-19(10-8-18)30-15-3-6-23(28)27-13-11-17(12-14-27)21-16-26-24-20(21)4-2-5-22(24)25/h2,4-5,7-11,16,26H,3,6,12-15H2,1H3. The summed E-state index contributed by atoms with van der Waals surface area (Å²) in [5.41, 5.74) is 3.40. The molecule has 0 atom stereocenters. The van der Waals surface area contributed by atoms with Crippen LogP contribution in [0, 0.1) is 0 Å². The normalized spacial score (nSPS) is 13.9. The zero-order chi connectivity index (χ0) is 20.9. The molecule has 2 aromatic carbocycles. The molecule has 6 heteroatoms. The van der Waals surface area contributed by atoms with Crippen molar-refractivity contribution in [3.63, 3.8) is 0 Å². The van der Waals surface area contributed by atoms with Crippen LogP contribution in [0.1, 0.15) is 24.8 Å². The molecule has 3 aromatic rings. The van der Waals surface area contributed by atoms with Gasteiger partial charge in [-0.2, -0.15) is 0 Å². The van der Waals surface area contributed by atoms with Gasteiger partial charge in [-0.25, -0.2) is 0 Å². The third-order valence-electron chi connectivity index (χ3n) is 5.44. The van der Waals surface area contributed by atoms with Gasteiger partial charge in [0.25, 0.3) is 0 Å². The molecule has 4 rings (SSSR count). The predicted octanol–water partition coefficient (Wildman–Crippen LogP) is 5.30. The van der Waals surface area contributed by atoms with E-state index in [9.17, 15) is 4.79 Å². The van der Waals surface area contributed by atoms with Crippen molar-refractivity contribution < 1.29 is 14.3 Å². The largest absolute Gasteiger partial charge is 0.497 e. The summed E-state index contributed by atoms with van der Waals surface area (Å²) < 4.78 is 10.8. The highest BCUT2D eigenvalue weighted by Gasteiger charge is 2.19. The smallest absolute Gasteiger partial charge is 0.222 e. The zero-order valence-corrected chi connectivity index (χ0v) is 17.7. The summed E-state index contributed by atoms with van der Waals surface area (Å²) in [7, 11) is 1.64. The lowest BCUT2D eigenvalue weighted by Gasteiger charge is -2.26. The predicted molar refractivity (Wildman–Crippen MR) is 120 cm³/mol. The number of hydrogen-bond acceptors (Lipinski definition) is 3. The highest BCUT2D eigenvalue weighted by Crippen LogP contribution is 2.32. The molecule has 5 nitrogen and oxygen atoms in total. The molecule has 0 saturated heterocycles. The maximum atomic E-state index is 12.5. The topological polar surface area (TPSA) is 54.6 Å². The number of carbonyl (C=O) groups excluding carboxylic acids is 1. The van der Waals surface area contributed by atoms with Gasteiger partial charge in [0.15, 0.2) is 0 Å². The summed E-state index contributed by atoms with van der Waals surface area (Å²) in [6, 6.07) is 13.4. The van der Waals surface area contributed by atoms with Crippen LogP contribution >= 0.6 is 11.6 Å². The van der Waals surface area contributed by atoms with Crippen LogP contribution in [0.4, 0.5) is 0 Å². The summed E-state index contributed by atoms with van der Waals surface area (Å²) in [4.78, 5) is 17.7. The van der Waals surface area contributed by atoms with Crippen molar-refractivity contribution in [3.8, 4) is 11.5 Å². The maximum Gasteiger partial charge on any atom is 0.222 e. The van der Waals surface area contributed by atoms with Gasteiger partial charge in [-0.05, 0) is 48.7 Å². The number of aromatic nitrogens is 1. The molecule has 0 unspecified atom stereocenters. The fraction of sp³-hybridized carbons (Fsp3) is 0.292. The molecule has 0 spiro atoms. The maximum absolute atomic E-state index is 12.5. The fourth-order valence-corrected chi connectivity index (χ4v) is 4.00. The van der Waals surface area contributed by atoms with Gasteiger partial charge in [-0.15, -0.1) is 0 Å². The zero-order valence-electron chi connectivity index (χ0n) is 17.0. The first-order valence-corrected chi connectivity index (χ1v) is 10.5. The minimum absolute atomic E-state index is 0.172. The van der Waals surface area contributed by atoms with Crippen molar-refractivity contribution in [2.45, 2.75) is 19.3 Å². The molecule has 1 aromatic heterocycles. The number of carbonyl (C=O) groups is 1. The van der Waals surface area contributed by atoms with E-state index < -0.39 is 0 Å². The molecular weight excluding hydrogens is 400 g/mol. The Bertz CT molecular complexity index is 1060. The molecule has 1 amide bonds. The molecule has 30 heavy (non-hydrogen) atoms. The van der Waals surface area contributed by atoms with Crippen LogP contribution in [0.25, 0.3) is 16.5 Å². The van der Waals surface area contributed by atoms with E-state index >= 15 is 0 Å². The number of nitrogens with one attached hydrogen (secondary N) is 1. The van der Waals surface area contributed by atoms with Crippen molar-refractivity contribution in [3.05, 3.63) is 65.3 Å². The van der Waals surface area contributed by atoms with Crippen LogP contribution in [0.15, 0.2) is 54.7 Å². The molecule has 0 bridgehead atoms. The van der Waals surface area contributed by atoms with Gasteiger partial charge >= 0.3 is 0 Å². The van der Waals surface area contributed by atoms with Crippen LogP contribution in [0.2, 0.25) is 5.02 Å². The number of halogens is 1. The van der Waals surface area contributed by atoms with Gasteiger partial charge in [0, 0.05) is 36.7 Å². The molecule has 0 radical (unpaired) electrons. The minimum atomic E-state index is 0.172. The van der Waals surface area contributed by atoms with E-state index in [1.807, 2.05) is 47.5 Å². The van der Waals surface area contributed by atoms with Crippen molar-refractivity contribution >= 4 is 34.0 Å². The molecule has 2 heterocycles. The summed E-state index contributed by atoms with van der Waals surface area (Å²) in [6.07, 6.45) is 6.18. The summed E-state index contributed by atoms with van der Waals surface area (Å²) in [6.45, 7) is 1.89. The van der Waals surface area contributed by atoms with E-state index in [0.717, 1.165) is 40.4 Å². The second-order valence-corrected chi connectivity index (χ2v) is 7.72. The summed E-state index contributed by atoms with van der Waals surface area (Å²) in [5, 5.41) is 1.85. The first kappa shape index (κ1) is 20.4. The van der Waals surface area contributed by atoms with Crippen molar-refractivity contribution in [1.29, 1.82) is 0 Å². The molecule has 1 N–H and O–H groups in total. The minimum Gasteiger partial charge on any atom is -0.497 e. The SMILES string of the molecule is COc1ccc(OCCCC(=O)N2CC=C(c3c[nH]c4c(Cl)cccc34)CC2)cc1. The number of benzene rings is 2. The van der Waals surface area contributed by atoms with E-state index in [0.29, 0.717) is 26.0 Å². The number of methoxy groups -OCH3 is 1. The number of aromatic amines is 1. The second kappa shape index (κ2) is 9.26. The van der Waals surface area contributed by atoms with Gasteiger partial charge in [-0.3, -0.25) is 4.79 Å². The molecule has 0 fully saturated rings. The van der Waals surface area contributed by atoms with Gasteiger partial charge in [-0.1, -0.05) is 29.8 Å². The Morgan fingerprint density at radius 1 is 1.17 bits per heavy atom. The number of fused-ring (bicyclic) bond motifs is 1. The van der Waals surface area contributed by atoms with Crippen molar-refractivity contribution in [1.82, 2.24) is 9.88 Å². The molecule has 0 aliphatic carbocycles. The summed E-state index contributed by atoms with van der Waals surface area (Å²) in [5.74, 6) is 1.75. The van der Waals surface area contributed by atoms with Crippen LogP contribution in [0.3, 0.4) is 0 Å². The first-order valence-electron chi connectivity index (χ1n) is 10.2. The molecule has 0 saturated carbocycles. The number of amides is 1. The van der Waals surface area contributed by atoms with Gasteiger partial charge in [0.1, 0.15) is 11.5 Å². The lowest BCUT2D eigenvalue weighted by atomic mass is 9.98. The number of para-hydroxylation sites is 1. The highest BCUT2D eigenvalue weighted by molar-refractivity contribution is 6.35. The van der Waals surface area contributed by atoms with Crippen LogP contribution in [0.5, 0.6) is 11.5 Å². The third-order valence-corrected chi connectivity index (χ3v) is 5.75. The van der Waals surface area contributed by atoms with Crippen LogP contribution in [-0.4, -0.2) is 42.6 Å². The Labute approximate surface area is 181 Å². The lowest BCUT2D eigenvalue weighted by molar-refractivity contribution is -0.131. The molecule has 1 aliphatic rings. The average molecular weight is 425 g/mol. The van der Waals surface area contributed by atoms with E-state index in [2.05, 4.69) is 17.1 Å². The van der Waals surface area contributed by atoms with Gasteiger partial charge < -0.3 is 19.4 Å². The number of H-pyrrole nitrogens is 1. The number of hydrogen-bond donors (Lipinski definition) is 1. The Hall–Kier alpha value is -2.92. The van der Waals surface area contributed by atoms with Crippen LogP contribution in [-0.2, 0) is 4.79 Å². The van der Waals surface area contributed by atoms with E-state index in [4.69, 9.17) is 21.1 Å². The number of nitrogens with zero attached hydrogens (tertiary/aromatic N) is 1. The molecular formula is C24H25ClN2O3. The van der Waals surface area contributed by atoms with E-state index in [1.54, 1.807) is 7.11 Å². The van der Waals surface area contributed by atoms with Gasteiger partial charge in [0.2, 0.25) is 5.91 Å². The van der Waals surface area contributed by atoms with E-state index in [-0.39, 0.29) is 5.91 Å². The Morgan fingerprint density at radius 2 is 1.97 bits per heavy atom. The summed E-state index contributed by atoms with van der Waals surface area (Å²) >= 11 is 6.27. The average Bonchev–Trinajstić information content (AvgIpc) is 3.22. The Kier molecular flexibility index (Phi) is 6.29. The Balaban J connectivity index is 1.27. The second-order valence-electron chi connectivity index (χ2n) is 7.31. The number of ether oxygens (including phenoxy) is 2. The molecule has 156 valence electrons. The molecule has 1 aliphatic heterocycles. The number of rotatable bonds is 7. The lowest BCUT2D eigenvalue weighted by Crippen LogP contribution is -2.34. The van der Waals surface area contributed by atoms with Crippen molar-refractivity contribution in [2.24, 2.45) is 0 Å². The van der Waals surface area contributed by atoms with Crippen LogP contribution < -0.4 is 9.47 Å². The monoisotopic (exact) mass is 424 g/mol.